The maximum absolute atomic E-state index is 12.8. The van der Waals surface area contributed by atoms with E-state index in [1.54, 1.807) is 6.21 Å². The molecule has 1 spiro atoms. The molecule has 1 saturated heterocycles. The molecule has 1 aliphatic heterocycles. The minimum atomic E-state index is -0.756. The van der Waals surface area contributed by atoms with Crippen molar-refractivity contribution in [2.75, 3.05) is 0 Å². The molecular formula is C21H25N5O2. The van der Waals surface area contributed by atoms with Gasteiger partial charge < -0.3 is 5.32 Å². The fourth-order valence-electron chi connectivity index (χ4n) is 4.13. The monoisotopic (exact) mass is 379 g/mol. The number of amides is 3. The summed E-state index contributed by atoms with van der Waals surface area (Å²) in [6.45, 7) is 4.54. The smallest absolute Gasteiger partial charge is 0.321 e. The van der Waals surface area contributed by atoms with Crippen molar-refractivity contribution >= 4 is 18.2 Å². The van der Waals surface area contributed by atoms with Gasteiger partial charge in [-0.1, -0.05) is 49.6 Å². The first-order valence-electron chi connectivity index (χ1n) is 9.79. The molecule has 1 N–H and O–H groups in total. The number of hydrogen-bond donors (Lipinski definition) is 1. The van der Waals surface area contributed by atoms with Crippen molar-refractivity contribution < 1.29 is 9.59 Å². The van der Waals surface area contributed by atoms with Crippen molar-refractivity contribution in [2.45, 2.75) is 58.0 Å². The van der Waals surface area contributed by atoms with Gasteiger partial charge in [0.25, 0.3) is 5.91 Å². The molecule has 1 saturated carbocycles. The van der Waals surface area contributed by atoms with Crippen molar-refractivity contribution in [3.05, 3.63) is 52.8 Å². The average Bonchev–Trinajstić information content (AvgIpc) is 3.08. The second-order valence-electron chi connectivity index (χ2n) is 7.66. The first kappa shape index (κ1) is 18.4. The zero-order chi connectivity index (χ0) is 19.7. The summed E-state index contributed by atoms with van der Waals surface area (Å²) in [7, 11) is 0. The number of carbonyl (C=O) groups excluding carboxylic acids is 2. The van der Waals surface area contributed by atoms with Crippen molar-refractivity contribution in [2.24, 2.45) is 5.10 Å². The molecular weight excluding hydrogens is 354 g/mol. The molecule has 3 amide bonds. The van der Waals surface area contributed by atoms with E-state index in [1.165, 1.54) is 0 Å². The molecule has 2 aliphatic rings. The average molecular weight is 379 g/mol. The van der Waals surface area contributed by atoms with E-state index >= 15 is 0 Å². The molecule has 1 aromatic heterocycles. The van der Waals surface area contributed by atoms with E-state index in [-0.39, 0.29) is 5.91 Å². The third kappa shape index (κ3) is 3.21. The Labute approximate surface area is 164 Å². The first-order valence-corrected chi connectivity index (χ1v) is 9.79. The number of urea groups is 1. The summed E-state index contributed by atoms with van der Waals surface area (Å²) >= 11 is 0. The van der Waals surface area contributed by atoms with Crippen LogP contribution in [0.3, 0.4) is 0 Å². The van der Waals surface area contributed by atoms with Crippen molar-refractivity contribution in [1.29, 1.82) is 0 Å². The number of rotatable bonds is 4. The summed E-state index contributed by atoms with van der Waals surface area (Å²) in [6, 6.07) is 9.67. The number of aromatic nitrogens is 2. The van der Waals surface area contributed by atoms with Gasteiger partial charge in [0.1, 0.15) is 5.54 Å². The number of aryl methyl sites for hydroxylation is 1. The van der Waals surface area contributed by atoms with Crippen molar-refractivity contribution in [1.82, 2.24) is 20.1 Å². The van der Waals surface area contributed by atoms with Gasteiger partial charge in [-0.15, -0.1) is 5.01 Å². The number of carbonyl (C=O) groups is 2. The Morgan fingerprint density at radius 3 is 2.57 bits per heavy atom. The fraction of sp³-hybridized carbons (Fsp3) is 0.429. The lowest BCUT2D eigenvalue weighted by molar-refractivity contribution is -0.132. The Bertz CT molecular complexity index is 926. The van der Waals surface area contributed by atoms with Gasteiger partial charge in [-0.2, -0.15) is 10.2 Å². The molecule has 0 atom stereocenters. The number of hydrazone groups is 1. The van der Waals surface area contributed by atoms with E-state index < -0.39 is 11.6 Å². The van der Waals surface area contributed by atoms with Crippen LogP contribution in [-0.4, -0.2) is 38.5 Å². The Hall–Kier alpha value is -2.96. The van der Waals surface area contributed by atoms with E-state index in [1.807, 2.05) is 36.7 Å². The van der Waals surface area contributed by atoms with Crippen LogP contribution in [0.1, 0.15) is 54.6 Å². The summed E-state index contributed by atoms with van der Waals surface area (Å²) in [5.74, 6) is -0.236. The maximum atomic E-state index is 12.8. The second kappa shape index (κ2) is 7.22. The molecule has 146 valence electrons. The van der Waals surface area contributed by atoms with Crippen LogP contribution >= 0.6 is 0 Å². The predicted molar refractivity (Wildman–Crippen MR) is 106 cm³/mol. The Morgan fingerprint density at radius 2 is 1.86 bits per heavy atom. The van der Waals surface area contributed by atoms with E-state index in [4.69, 9.17) is 0 Å². The van der Waals surface area contributed by atoms with Crippen LogP contribution < -0.4 is 5.32 Å². The van der Waals surface area contributed by atoms with Crippen LogP contribution in [0.25, 0.3) is 0 Å². The normalized spacial score (nSPS) is 19.0. The Kier molecular flexibility index (Phi) is 4.75. The molecule has 28 heavy (non-hydrogen) atoms. The van der Waals surface area contributed by atoms with Crippen LogP contribution in [0.15, 0.2) is 35.4 Å². The molecule has 7 heteroatoms. The molecule has 4 rings (SSSR count). The van der Waals surface area contributed by atoms with Gasteiger partial charge in [0.05, 0.1) is 18.5 Å². The highest BCUT2D eigenvalue weighted by Gasteiger charge is 2.51. The quantitative estimate of drug-likeness (QED) is 0.655. The van der Waals surface area contributed by atoms with Crippen LogP contribution in [0.5, 0.6) is 0 Å². The van der Waals surface area contributed by atoms with Gasteiger partial charge in [-0.3, -0.25) is 9.48 Å². The van der Waals surface area contributed by atoms with E-state index in [2.05, 4.69) is 27.6 Å². The molecule has 1 aromatic carbocycles. The van der Waals surface area contributed by atoms with Gasteiger partial charge in [0.15, 0.2) is 0 Å². The number of hydrogen-bond acceptors (Lipinski definition) is 4. The van der Waals surface area contributed by atoms with Gasteiger partial charge in [-0.25, -0.2) is 4.79 Å². The lowest BCUT2D eigenvalue weighted by atomic mass is 9.82. The topological polar surface area (TPSA) is 79.6 Å². The maximum Gasteiger partial charge on any atom is 0.346 e. The lowest BCUT2D eigenvalue weighted by Crippen LogP contribution is -2.48. The summed E-state index contributed by atoms with van der Waals surface area (Å²) < 4.78 is 1.92. The van der Waals surface area contributed by atoms with Crippen LogP contribution in [0.4, 0.5) is 4.79 Å². The predicted octanol–water partition coefficient (Wildman–Crippen LogP) is 3.14. The van der Waals surface area contributed by atoms with Crippen molar-refractivity contribution in [3.8, 4) is 0 Å². The third-order valence-electron chi connectivity index (χ3n) is 5.76. The van der Waals surface area contributed by atoms with Gasteiger partial charge in [0, 0.05) is 11.3 Å². The zero-order valence-electron chi connectivity index (χ0n) is 16.3. The Balaban J connectivity index is 1.55. The van der Waals surface area contributed by atoms with Crippen molar-refractivity contribution in [3.63, 3.8) is 0 Å². The molecule has 2 heterocycles. The number of benzene rings is 1. The second-order valence-corrected chi connectivity index (χ2v) is 7.66. The summed E-state index contributed by atoms with van der Waals surface area (Å²) in [4.78, 5) is 25.2. The highest BCUT2D eigenvalue weighted by atomic mass is 16.2. The lowest BCUT2D eigenvalue weighted by Gasteiger charge is -2.29. The zero-order valence-corrected chi connectivity index (χ0v) is 16.3. The van der Waals surface area contributed by atoms with Crippen LogP contribution in [0, 0.1) is 13.8 Å². The summed E-state index contributed by atoms with van der Waals surface area (Å²) in [5.41, 5.74) is 3.00. The fourth-order valence-corrected chi connectivity index (χ4v) is 4.13. The number of nitrogens with zero attached hydrogens (tertiary/aromatic N) is 4. The molecule has 2 aromatic rings. The third-order valence-corrected chi connectivity index (χ3v) is 5.76. The molecule has 7 nitrogen and oxygen atoms in total. The summed E-state index contributed by atoms with van der Waals surface area (Å²) in [5, 5.41) is 12.7. The van der Waals surface area contributed by atoms with Crippen LogP contribution in [-0.2, 0) is 11.3 Å². The first-order chi connectivity index (χ1) is 13.5. The number of imide groups is 1. The minimum Gasteiger partial charge on any atom is -0.321 e. The highest BCUT2D eigenvalue weighted by Crippen LogP contribution is 2.33. The molecule has 0 radical (unpaired) electrons. The molecule has 2 fully saturated rings. The molecule has 0 unspecified atom stereocenters. The van der Waals surface area contributed by atoms with E-state index in [0.717, 1.165) is 46.8 Å². The van der Waals surface area contributed by atoms with Crippen LogP contribution in [0.2, 0.25) is 0 Å². The number of nitrogens with one attached hydrogen (secondary N) is 1. The minimum absolute atomic E-state index is 0.236. The van der Waals surface area contributed by atoms with Gasteiger partial charge in [-0.05, 0) is 32.3 Å². The van der Waals surface area contributed by atoms with Gasteiger partial charge >= 0.3 is 6.03 Å². The highest BCUT2D eigenvalue weighted by molar-refractivity contribution is 6.07. The Morgan fingerprint density at radius 1 is 1.14 bits per heavy atom. The van der Waals surface area contributed by atoms with Gasteiger partial charge in [0.2, 0.25) is 0 Å². The van der Waals surface area contributed by atoms with E-state index in [0.29, 0.717) is 19.4 Å². The molecule has 1 aliphatic carbocycles. The summed E-state index contributed by atoms with van der Waals surface area (Å²) in [6.07, 6.45) is 5.97. The largest absolute Gasteiger partial charge is 0.346 e. The SMILES string of the molecule is Cc1nn(Cc2ccccc2)c(C)c1C=NN1C(=O)NC2(CCCCC2)C1=O. The molecule has 0 bridgehead atoms. The standard InChI is InChI=1S/C21H25N5O2/c1-15-18(16(2)25(24-15)14-17-9-5-3-6-10-17)13-22-26-19(27)21(23-20(26)28)11-7-4-8-12-21/h3,5-6,9-10,13H,4,7-8,11-12,14H2,1-2H3,(H,23,28). The van der Waals surface area contributed by atoms with E-state index in [9.17, 15) is 9.59 Å².